The summed E-state index contributed by atoms with van der Waals surface area (Å²) in [5.41, 5.74) is 6.82. The van der Waals surface area contributed by atoms with Crippen molar-refractivity contribution in [3.8, 4) is 22.6 Å². The van der Waals surface area contributed by atoms with Gasteiger partial charge in [0, 0.05) is 17.8 Å². The zero-order valence-electron chi connectivity index (χ0n) is 14.4. The molecule has 26 heavy (non-hydrogen) atoms. The average molecular weight is 343 g/mol. The van der Waals surface area contributed by atoms with E-state index in [4.69, 9.17) is 0 Å². The molecule has 0 heterocycles. The van der Waals surface area contributed by atoms with Gasteiger partial charge in [-0.3, -0.25) is 0 Å². The smallest absolute Gasteiger partial charge is 0.162 e. The molecule has 0 amide bonds. The van der Waals surface area contributed by atoms with E-state index < -0.39 is 0 Å². The number of rotatable bonds is 4. The first-order valence-corrected chi connectivity index (χ1v) is 8.85. The molecule has 3 N–H and O–H groups in total. The van der Waals surface area contributed by atoms with Gasteiger partial charge in [0.2, 0.25) is 0 Å². The fraction of sp³-hybridized carbons (Fsp3) is 0.130. The van der Waals surface area contributed by atoms with Crippen molar-refractivity contribution in [1.29, 1.82) is 0 Å². The summed E-state index contributed by atoms with van der Waals surface area (Å²) in [5.74, 6) is -0.166. The Bertz CT molecular complexity index is 958. The maximum atomic E-state index is 9.88. The van der Waals surface area contributed by atoms with Gasteiger partial charge in [0.05, 0.1) is 0 Å². The molecular weight excluding hydrogens is 322 g/mol. The standard InChI is InChI=1S/C23H21NO2/c25-22-10-4-7-18(23(22)26)15-24-19-13-11-17(12-14-19)21-9-3-6-16-5-1-2-8-20(16)21/h2-4,6-14,24-26H,1,5,15H2. The number of aryl methyl sites for hydroxylation is 1. The number of phenolic OH excluding ortho intramolecular Hbond substituents is 2. The van der Waals surface area contributed by atoms with Crippen LogP contribution in [0.2, 0.25) is 0 Å². The Labute approximate surface area is 153 Å². The quantitative estimate of drug-likeness (QED) is 0.561. The zero-order valence-corrected chi connectivity index (χ0v) is 14.4. The molecule has 0 fully saturated rings. The molecular formula is C23H21NO2. The Morgan fingerprint density at radius 2 is 1.69 bits per heavy atom. The van der Waals surface area contributed by atoms with Gasteiger partial charge < -0.3 is 15.5 Å². The molecule has 1 aliphatic carbocycles. The van der Waals surface area contributed by atoms with Crippen LogP contribution in [0.3, 0.4) is 0 Å². The highest BCUT2D eigenvalue weighted by atomic mass is 16.3. The van der Waals surface area contributed by atoms with Gasteiger partial charge in [-0.25, -0.2) is 0 Å². The number of nitrogens with one attached hydrogen (secondary N) is 1. The average Bonchev–Trinajstić information content (AvgIpc) is 2.69. The van der Waals surface area contributed by atoms with Crippen LogP contribution in [0, 0.1) is 0 Å². The summed E-state index contributed by atoms with van der Waals surface area (Å²) in [6, 6.07) is 19.8. The van der Waals surface area contributed by atoms with E-state index in [9.17, 15) is 10.2 Å². The Kier molecular flexibility index (Phi) is 4.36. The lowest BCUT2D eigenvalue weighted by Crippen LogP contribution is -2.00. The molecule has 0 radical (unpaired) electrons. The SMILES string of the molecule is Oc1cccc(CNc2ccc(-c3cccc4c3C=CCC4)cc2)c1O. The highest BCUT2D eigenvalue weighted by molar-refractivity contribution is 5.78. The highest BCUT2D eigenvalue weighted by Crippen LogP contribution is 2.32. The summed E-state index contributed by atoms with van der Waals surface area (Å²) in [4.78, 5) is 0. The van der Waals surface area contributed by atoms with Crippen LogP contribution in [0.5, 0.6) is 11.5 Å². The fourth-order valence-corrected chi connectivity index (χ4v) is 3.40. The van der Waals surface area contributed by atoms with Crippen LogP contribution < -0.4 is 5.32 Å². The summed E-state index contributed by atoms with van der Waals surface area (Å²) >= 11 is 0. The molecule has 0 saturated carbocycles. The summed E-state index contributed by atoms with van der Waals surface area (Å²) < 4.78 is 0. The molecule has 4 rings (SSSR count). The van der Waals surface area contributed by atoms with E-state index in [2.05, 4.69) is 47.8 Å². The van der Waals surface area contributed by atoms with Crippen molar-refractivity contribution in [2.75, 3.05) is 5.32 Å². The number of fused-ring (bicyclic) bond motifs is 1. The number of para-hydroxylation sites is 1. The summed E-state index contributed by atoms with van der Waals surface area (Å²) in [5, 5.41) is 22.7. The molecule has 3 nitrogen and oxygen atoms in total. The molecule has 3 heteroatoms. The lowest BCUT2D eigenvalue weighted by Gasteiger charge is -2.15. The number of allylic oxidation sites excluding steroid dienone is 1. The zero-order chi connectivity index (χ0) is 17.9. The van der Waals surface area contributed by atoms with Crippen molar-refractivity contribution in [2.24, 2.45) is 0 Å². The topological polar surface area (TPSA) is 52.5 Å². The van der Waals surface area contributed by atoms with E-state index in [-0.39, 0.29) is 11.5 Å². The predicted octanol–water partition coefficient (Wildman–Crippen LogP) is 5.34. The Morgan fingerprint density at radius 3 is 2.54 bits per heavy atom. The minimum atomic E-state index is -0.0958. The Balaban J connectivity index is 1.53. The summed E-state index contributed by atoms with van der Waals surface area (Å²) in [6.45, 7) is 0.447. The second-order valence-corrected chi connectivity index (χ2v) is 6.54. The van der Waals surface area contributed by atoms with Gasteiger partial charge in [-0.05, 0) is 53.3 Å². The molecule has 3 aromatic rings. The second kappa shape index (κ2) is 6.96. The number of anilines is 1. The molecule has 0 bridgehead atoms. The summed E-state index contributed by atoms with van der Waals surface area (Å²) in [7, 11) is 0. The van der Waals surface area contributed by atoms with Gasteiger partial charge in [-0.1, -0.05) is 54.6 Å². The van der Waals surface area contributed by atoms with Crippen molar-refractivity contribution in [2.45, 2.75) is 19.4 Å². The third kappa shape index (κ3) is 3.16. The fourth-order valence-electron chi connectivity index (χ4n) is 3.40. The Morgan fingerprint density at radius 1 is 0.885 bits per heavy atom. The lowest BCUT2D eigenvalue weighted by molar-refractivity contribution is 0.400. The third-order valence-electron chi connectivity index (χ3n) is 4.84. The van der Waals surface area contributed by atoms with Gasteiger partial charge in [0.1, 0.15) is 0 Å². The van der Waals surface area contributed by atoms with E-state index in [1.165, 1.54) is 28.3 Å². The largest absolute Gasteiger partial charge is 0.504 e. The van der Waals surface area contributed by atoms with Crippen LogP contribution in [0.25, 0.3) is 17.2 Å². The van der Waals surface area contributed by atoms with Crippen LogP contribution in [0.1, 0.15) is 23.1 Å². The van der Waals surface area contributed by atoms with Crippen molar-refractivity contribution in [3.05, 3.63) is 83.4 Å². The lowest BCUT2D eigenvalue weighted by atomic mass is 9.90. The molecule has 0 atom stereocenters. The molecule has 1 aliphatic rings. The number of phenols is 2. The van der Waals surface area contributed by atoms with Crippen molar-refractivity contribution in [3.63, 3.8) is 0 Å². The van der Waals surface area contributed by atoms with E-state index in [1.807, 2.05) is 12.1 Å². The minimum absolute atomic E-state index is 0.0701. The van der Waals surface area contributed by atoms with Crippen LogP contribution in [0.15, 0.2) is 66.7 Å². The first kappa shape index (κ1) is 16.3. The Hall–Kier alpha value is -3.20. The molecule has 0 aromatic heterocycles. The van der Waals surface area contributed by atoms with Crippen molar-refractivity contribution >= 4 is 11.8 Å². The van der Waals surface area contributed by atoms with Crippen molar-refractivity contribution < 1.29 is 10.2 Å². The van der Waals surface area contributed by atoms with Crippen LogP contribution >= 0.6 is 0 Å². The first-order valence-electron chi connectivity index (χ1n) is 8.85. The molecule has 0 unspecified atom stereocenters. The van der Waals surface area contributed by atoms with Crippen LogP contribution in [-0.4, -0.2) is 10.2 Å². The third-order valence-corrected chi connectivity index (χ3v) is 4.84. The monoisotopic (exact) mass is 343 g/mol. The number of hydrogen-bond donors (Lipinski definition) is 3. The van der Waals surface area contributed by atoms with E-state index in [0.717, 1.165) is 18.5 Å². The van der Waals surface area contributed by atoms with E-state index in [0.29, 0.717) is 12.1 Å². The van der Waals surface area contributed by atoms with E-state index >= 15 is 0 Å². The van der Waals surface area contributed by atoms with Crippen LogP contribution in [-0.2, 0) is 13.0 Å². The van der Waals surface area contributed by atoms with Gasteiger partial charge in [-0.15, -0.1) is 0 Å². The van der Waals surface area contributed by atoms with Gasteiger partial charge >= 0.3 is 0 Å². The highest BCUT2D eigenvalue weighted by Gasteiger charge is 2.10. The molecule has 0 spiro atoms. The maximum Gasteiger partial charge on any atom is 0.162 e. The number of aromatic hydroxyl groups is 2. The normalized spacial score (nSPS) is 12.6. The van der Waals surface area contributed by atoms with Gasteiger partial charge in [-0.2, -0.15) is 0 Å². The maximum absolute atomic E-state index is 9.88. The number of hydrogen-bond acceptors (Lipinski definition) is 3. The molecule has 0 aliphatic heterocycles. The minimum Gasteiger partial charge on any atom is -0.504 e. The van der Waals surface area contributed by atoms with Crippen molar-refractivity contribution in [1.82, 2.24) is 0 Å². The molecule has 0 saturated heterocycles. The number of benzene rings is 3. The van der Waals surface area contributed by atoms with Crippen LogP contribution in [0.4, 0.5) is 5.69 Å². The van der Waals surface area contributed by atoms with Gasteiger partial charge in [0.25, 0.3) is 0 Å². The molecule has 130 valence electrons. The summed E-state index contributed by atoms with van der Waals surface area (Å²) in [6.07, 6.45) is 6.68. The molecule has 3 aromatic carbocycles. The van der Waals surface area contributed by atoms with E-state index in [1.54, 1.807) is 12.1 Å². The predicted molar refractivity (Wildman–Crippen MR) is 106 cm³/mol. The van der Waals surface area contributed by atoms with Gasteiger partial charge in [0.15, 0.2) is 11.5 Å². The second-order valence-electron chi connectivity index (χ2n) is 6.54. The first-order chi connectivity index (χ1) is 12.7.